The Bertz CT molecular complexity index is 560. The van der Waals surface area contributed by atoms with Gasteiger partial charge >= 0.3 is 0 Å². The SMILES string of the molecule is CCc1ccc(C(=O)CCC(=O)NCC(=O)N2CCCC2)cc1. The highest BCUT2D eigenvalue weighted by molar-refractivity contribution is 5.98. The van der Waals surface area contributed by atoms with Crippen LogP contribution in [0, 0.1) is 0 Å². The molecule has 1 heterocycles. The van der Waals surface area contributed by atoms with E-state index >= 15 is 0 Å². The average molecular weight is 316 g/mol. The van der Waals surface area contributed by atoms with Gasteiger partial charge in [0.25, 0.3) is 0 Å². The molecule has 1 N–H and O–H groups in total. The molecule has 1 fully saturated rings. The minimum absolute atomic E-state index is 0.0260. The highest BCUT2D eigenvalue weighted by atomic mass is 16.2. The van der Waals surface area contributed by atoms with E-state index in [0.29, 0.717) is 5.56 Å². The van der Waals surface area contributed by atoms with E-state index < -0.39 is 0 Å². The first-order valence-corrected chi connectivity index (χ1v) is 8.26. The lowest BCUT2D eigenvalue weighted by Gasteiger charge is -2.15. The summed E-state index contributed by atoms with van der Waals surface area (Å²) in [6.07, 6.45) is 3.27. The van der Waals surface area contributed by atoms with Crippen molar-refractivity contribution < 1.29 is 14.4 Å². The highest BCUT2D eigenvalue weighted by Crippen LogP contribution is 2.09. The minimum atomic E-state index is -0.254. The molecule has 0 atom stereocenters. The third-order valence-corrected chi connectivity index (χ3v) is 4.16. The van der Waals surface area contributed by atoms with Crippen LogP contribution in [0.3, 0.4) is 0 Å². The molecule has 1 aliphatic heterocycles. The molecular formula is C18H24N2O3. The molecule has 5 heteroatoms. The van der Waals surface area contributed by atoms with Crippen LogP contribution in [-0.4, -0.2) is 42.1 Å². The number of Topliss-reactive ketones (excluding diaryl/α,β-unsaturated/α-hetero) is 1. The van der Waals surface area contributed by atoms with Crippen molar-refractivity contribution in [3.05, 3.63) is 35.4 Å². The number of hydrogen-bond acceptors (Lipinski definition) is 3. The van der Waals surface area contributed by atoms with E-state index in [1.54, 1.807) is 17.0 Å². The normalized spacial score (nSPS) is 13.9. The van der Waals surface area contributed by atoms with E-state index in [1.165, 1.54) is 5.56 Å². The fourth-order valence-electron chi connectivity index (χ4n) is 2.64. The number of nitrogens with one attached hydrogen (secondary N) is 1. The van der Waals surface area contributed by atoms with Gasteiger partial charge in [-0.3, -0.25) is 14.4 Å². The van der Waals surface area contributed by atoms with Crippen LogP contribution >= 0.6 is 0 Å². The van der Waals surface area contributed by atoms with Gasteiger partial charge in [-0.2, -0.15) is 0 Å². The predicted octanol–water partition coefficient (Wildman–Crippen LogP) is 1.95. The van der Waals surface area contributed by atoms with Gasteiger partial charge < -0.3 is 10.2 Å². The van der Waals surface area contributed by atoms with E-state index in [1.807, 2.05) is 12.1 Å². The van der Waals surface area contributed by atoms with Gasteiger partial charge in [0, 0.05) is 31.5 Å². The number of ketones is 1. The first kappa shape index (κ1) is 17.2. The summed E-state index contributed by atoms with van der Waals surface area (Å²) >= 11 is 0. The molecule has 0 aromatic heterocycles. The van der Waals surface area contributed by atoms with Crippen molar-refractivity contribution >= 4 is 17.6 Å². The predicted molar refractivity (Wildman–Crippen MR) is 88.2 cm³/mol. The molecule has 0 unspecified atom stereocenters. The molecule has 1 saturated heterocycles. The minimum Gasteiger partial charge on any atom is -0.347 e. The molecule has 124 valence electrons. The molecule has 0 saturated carbocycles. The van der Waals surface area contributed by atoms with Gasteiger partial charge in [0.05, 0.1) is 6.54 Å². The highest BCUT2D eigenvalue weighted by Gasteiger charge is 2.18. The lowest BCUT2D eigenvalue weighted by atomic mass is 10.0. The van der Waals surface area contributed by atoms with Gasteiger partial charge in [-0.1, -0.05) is 31.2 Å². The molecule has 0 aliphatic carbocycles. The zero-order valence-corrected chi connectivity index (χ0v) is 13.6. The van der Waals surface area contributed by atoms with Crippen molar-refractivity contribution in [3.8, 4) is 0 Å². The van der Waals surface area contributed by atoms with Crippen LogP contribution in [0.25, 0.3) is 0 Å². The molecule has 0 spiro atoms. The number of rotatable bonds is 7. The van der Waals surface area contributed by atoms with Gasteiger partial charge in [-0.15, -0.1) is 0 Å². The van der Waals surface area contributed by atoms with Crippen molar-refractivity contribution in [2.45, 2.75) is 39.0 Å². The second kappa shape index (κ2) is 8.46. The fraction of sp³-hybridized carbons (Fsp3) is 0.500. The van der Waals surface area contributed by atoms with Crippen LogP contribution in [0.5, 0.6) is 0 Å². The Morgan fingerprint density at radius 1 is 1.04 bits per heavy atom. The first-order chi connectivity index (χ1) is 11.1. The number of carbonyl (C=O) groups excluding carboxylic acids is 3. The number of aryl methyl sites for hydroxylation is 1. The van der Waals surface area contributed by atoms with Crippen molar-refractivity contribution in [1.82, 2.24) is 10.2 Å². The number of benzene rings is 1. The van der Waals surface area contributed by atoms with Gasteiger partial charge in [-0.25, -0.2) is 0 Å². The lowest BCUT2D eigenvalue weighted by Crippen LogP contribution is -2.38. The molecule has 2 amide bonds. The number of nitrogens with zero attached hydrogens (tertiary/aromatic N) is 1. The summed E-state index contributed by atoms with van der Waals surface area (Å²) in [6.45, 7) is 3.64. The fourth-order valence-corrected chi connectivity index (χ4v) is 2.64. The Hall–Kier alpha value is -2.17. The zero-order valence-electron chi connectivity index (χ0n) is 13.6. The summed E-state index contributed by atoms with van der Waals surface area (Å²) in [5.74, 6) is -0.345. The summed E-state index contributed by atoms with van der Waals surface area (Å²) in [4.78, 5) is 37.4. The van der Waals surface area contributed by atoms with E-state index in [9.17, 15) is 14.4 Å². The van der Waals surface area contributed by atoms with Crippen molar-refractivity contribution in [3.63, 3.8) is 0 Å². The Kier molecular flexibility index (Phi) is 6.32. The van der Waals surface area contributed by atoms with Crippen LogP contribution in [0.1, 0.15) is 48.5 Å². The maximum absolute atomic E-state index is 12.0. The molecule has 1 aliphatic rings. The van der Waals surface area contributed by atoms with Crippen molar-refractivity contribution in [1.29, 1.82) is 0 Å². The van der Waals surface area contributed by atoms with Gasteiger partial charge in [0.15, 0.2) is 5.78 Å². The van der Waals surface area contributed by atoms with E-state index in [2.05, 4.69) is 12.2 Å². The molecule has 0 bridgehead atoms. The number of carbonyl (C=O) groups is 3. The maximum atomic E-state index is 12.0. The summed E-state index contributed by atoms with van der Waals surface area (Å²) in [6, 6.07) is 7.47. The van der Waals surface area contributed by atoms with Crippen LogP contribution in [0.15, 0.2) is 24.3 Å². The lowest BCUT2D eigenvalue weighted by molar-refractivity contribution is -0.132. The number of amides is 2. The smallest absolute Gasteiger partial charge is 0.241 e. The summed E-state index contributed by atoms with van der Waals surface area (Å²) in [7, 11) is 0. The van der Waals surface area contributed by atoms with Crippen LogP contribution in [0.4, 0.5) is 0 Å². The molecular weight excluding hydrogens is 292 g/mol. The second-order valence-corrected chi connectivity index (χ2v) is 5.84. The van der Waals surface area contributed by atoms with Gasteiger partial charge in [0.2, 0.25) is 11.8 Å². The monoisotopic (exact) mass is 316 g/mol. The molecule has 2 rings (SSSR count). The number of hydrogen-bond donors (Lipinski definition) is 1. The molecule has 5 nitrogen and oxygen atoms in total. The summed E-state index contributed by atoms with van der Waals surface area (Å²) in [5.41, 5.74) is 1.81. The van der Waals surface area contributed by atoms with Crippen LogP contribution < -0.4 is 5.32 Å². The second-order valence-electron chi connectivity index (χ2n) is 5.84. The topological polar surface area (TPSA) is 66.5 Å². The van der Waals surface area contributed by atoms with E-state index in [0.717, 1.165) is 32.4 Å². The molecule has 1 aromatic rings. The van der Waals surface area contributed by atoms with Crippen molar-refractivity contribution in [2.75, 3.05) is 19.6 Å². The summed E-state index contributed by atoms with van der Waals surface area (Å²) in [5, 5.41) is 2.60. The molecule has 23 heavy (non-hydrogen) atoms. The summed E-state index contributed by atoms with van der Waals surface area (Å²) < 4.78 is 0. The van der Waals surface area contributed by atoms with Crippen LogP contribution in [-0.2, 0) is 16.0 Å². The standard InChI is InChI=1S/C18H24N2O3/c1-2-14-5-7-15(8-6-14)16(21)9-10-17(22)19-13-18(23)20-11-3-4-12-20/h5-8H,2-4,9-13H2,1H3,(H,19,22). The third kappa shape index (κ3) is 5.20. The Morgan fingerprint density at radius 2 is 1.70 bits per heavy atom. The quantitative estimate of drug-likeness (QED) is 0.782. The number of likely N-dealkylation sites (tertiary alicyclic amines) is 1. The van der Waals surface area contributed by atoms with Crippen LogP contribution in [0.2, 0.25) is 0 Å². The first-order valence-electron chi connectivity index (χ1n) is 8.26. The Morgan fingerprint density at radius 3 is 2.30 bits per heavy atom. The third-order valence-electron chi connectivity index (χ3n) is 4.16. The molecule has 1 aromatic carbocycles. The average Bonchev–Trinajstić information content (AvgIpc) is 3.12. The zero-order chi connectivity index (χ0) is 16.7. The largest absolute Gasteiger partial charge is 0.347 e. The van der Waals surface area contributed by atoms with Gasteiger partial charge in [0.1, 0.15) is 0 Å². The van der Waals surface area contributed by atoms with E-state index in [4.69, 9.17) is 0 Å². The van der Waals surface area contributed by atoms with Gasteiger partial charge in [-0.05, 0) is 24.8 Å². The molecule has 0 radical (unpaired) electrons. The van der Waals surface area contributed by atoms with Crippen molar-refractivity contribution in [2.24, 2.45) is 0 Å². The Labute approximate surface area is 137 Å². The maximum Gasteiger partial charge on any atom is 0.241 e. The Balaban J connectivity index is 1.70. The van der Waals surface area contributed by atoms with E-state index in [-0.39, 0.29) is 37.0 Å².